The highest BCUT2D eigenvalue weighted by Gasteiger charge is 2.38. The highest BCUT2D eigenvalue weighted by atomic mass is 32.2. The van der Waals surface area contributed by atoms with Crippen molar-refractivity contribution in [3.8, 4) is 0 Å². The van der Waals surface area contributed by atoms with Crippen molar-refractivity contribution in [2.24, 2.45) is 17.8 Å². The third-order valence-electron chi connectivity index (χ3n) is 6.89. The Bertz CT molecular complexity index is 639. The second kappa shape index (κ2) is 11.2. The molecule has 3 fully saturated rings. The van der Waals surface area contributed by atoms with E-state index in [1.54, 1.807) is 8.61 Å². The van der Waals surface area contributed by atoms with Crippen LogP contribution in [0.15, 0.2) is 0 Å². The first kappa shape index (κ1) is 24.0. The number of nitrogens with zero attached hydrogens (tertiary/aromatic N) is 3. The maximum absolute atomic E-state index is 13.2. The molecule has 0 spiro atoms. The maximum Gasteiger partial charge on any atom is 0.282 e. The average Bonchev–Trinajstić information content (AvgIpc) is 2.99. The van der Waals surface area contributed by atoms with Crippen LogP contribution in [0.2, 0.25) is 0 Å². The summed E-state index contributed by atoms with van der Waals surface area (Å²) in [5.74, 6) is 0.561. The van der Waals surface area contributed by atoms with Gasteiger partial charge in [0.15, 0.2) is 0 Å². The molecule has 0 radical (unpaired) electrons. The highest BCUT2D eigenvalue weighted by Crippen LogP contribution is 2.27. The quantitative estimate of drug-likeness (QED) is 0.614. The first-order valence-corrected chi connectivity index (χ1v) is 13.5. The van der Waals surface area contributed by atoms with Gasteiger partial charge in [-0.2, -0.15) is 17.0 Å². The van der Waals surface area contributed by atoms with E-state index in [4.69, 9.17) is 0 Å². The molecule has 3 atom stereocenters. The number of likely N-dealkylation sites (tertiary alicyclic amines) is 1. The van der Waals surface area contributed by atoms with E-state index in [1.807, 2.05) is 0 Å². The Hall–Kier alpha value is -0.700. The molecule has 3 aliphatic rings. The number of rotatable bonds is 7. The molecule has 3 heterocycles. The van der Waals surface area contributed by atoms with Crippen molar-refractivity contribution in [3.05, 3.63) is 0 Å². The third kappa shape index (κ3) is 6.65. The maximum atomic E-state index is 13.2. The third-order valence-corrected chi connectivity index (χ3v) is 8.83. The van der Waals surface area contributed by atoms with Crippen LogP contribution in [0.5, 0.6) is 0 Å². The number of amides is 1. The van der Waals surface area contributed by atoms with Crippen LogP contribution in [0, 0.1) is 17.8 Å². The summed E-state index contributed by atoms with van der Waals surface area (Å²) in [6, 6.07) is 0. The lowest BCUT2D eigenvalue weighted by Crippen LogP contribution is -2.53. The van der Waals surface area contributed by atoms with E-state index in [-0.39, 0.29) is 11.8 Å². The van der Waals surface area contributed by atoms with Crippen LogP contribution in [0.25, 0.3) is 0 Å². The van der Waals surface area contributed by atoms with Gasteiger partial charge in [0.1, 0.15) is 0 Å². The Balaban J connectivity index is 1.44. The molecule has 0 saturated carbocycles. The Morgan fingerprint density at radius 2 is 1.57 bits per heavy atom. The van der Waals surface area contributed by atoms with Gasteiger partial charge < -0.3 is 10.2 Å². The predicted octanol–water partition coefficient (Wildman–Crippen LogP) is 2.30. The summed E-state index contributed by atoms with van der Waals surface area (Å²) in [6.07, 6.45) is 8.81. The SMILES string of the molecule is C[C@@H]1C[C@@H](C)CN(S(=O)(=O)N2CCC[C@@H](C(=O)NCCCN3CCCCCC3)C2)C1. The van der Waals surface area contributed by atoms with E-state index in [1.165, 1.54) is 38.8 Å². The van der Waals surface area contributed by atoms with Gasteiger partial charge in [-0.05, 0) is 70.0 Å². The van der Waals surface area contributed by atoms with Gasteiger partial charge in [0.25, 0.3) is 10.2 Å². The van der Waals surface area contributed by atoms with E-state index < -0.39 is 10.2 Å². The fourth-order valence-corrected chi connectivity index (χ4v) is 7.28. The van der Waals surface area contributed by atoms with E-state index in [9.17, 15) is 13.2 Å². The molecule has 0 unspecified atom stereocenters. The van der Waals surface area contributed by atoms with Gasteiger partial charge in [-0.25, -0.2) is 0 Å². The number of carbonyl (C=O) groups is 1. The van der Waals surface area contributed by atoms with Gasteiger partial charge in [-0.1, -0.05) is 26.7 Å². The van der Waals surface area contributed by atoms with Crippen molar-refractivity contribution in [2.75, 3.05) is 52.4 Å². The minimum absolute atomic E-state index is 0.0196. The van der Waals surface area contributed by atoms with Gasteiger partial charge in [0, 0.05) is 32.7 Å². The van der Waals surface area contributed by atoms with Gasteiger partial charge >= 0.3 is 0 Å². The zero-order valence-electron chi connectivity index (χ0n) is 19.0. The van der Waals surface area contributed by atoms with Crippen molar-refractivity contribution in [1.29, 1.82) is 0 Å². The zero-order valence-corrected chi connectivity index (χ0v) is 19.8. The lowest BCUT2D eigenvalue weighted by atomic mass is 9.94. The molecule has 3 rings (SSSR count). The van der Waals surface area contributed by atoms with Crippen LogP contribution in [0.1, 0.15) is 65.2 Å². The predicted molar refractivity (Wildman–Crippen MR) is 120 cm³/mol. The van der Waals surface area contributed by atoms with Gasteiger partial charge in [0.05, 0.1) is 5.92 Å². The fourth-order valence-electron chi connectivity index (χ4n) is 5.34. The van der Waals surface area contributed by atoms with Crippen LogP contribution in [0.3, 0.4) is 0 Å². The number of carbonyl (C=O) groups excluding carboxylic acids is 1. The average molecular weight is 443 g/mol. The lowest BCUT2D eigenvalue weighted by Gasteiger charge is -2.39. The van der Waals surface area contributed by atoms with Gasteiger partial charge in [-0.15, -0.1) is 0 Å². The topological polar surface area (TPSA) is 73.0 Å². The summed E-state index contributed by atoms with van der Waals surface area (Å²) in [7, 11) is -3.48. The standard InChI is InChI=1S/C22H42N4O3S/c1-19-15-20(2)17-26(16-19)30(28,29)25-14-7-9-21(18-25)22(27)23-10-8-13-24-11-5-3-4-6-12-24/h19-21H,3-18H2,1-2H3,(H,23,27)/t19-,20-,21-/m1/s1. The largest absolute Gasteiger partial charge is 0.356 e. The fraction of sp³-hybridized carbons (Fsp3) is 0.955. The first-order valence-electron chi connectivity index (χ1n) is 12.1. The van der Waals surface area contributed by atoms with Crippen LogP contribution in [-0.2, 0) is 15.0 Å². The van der Waals surface area contributed by atoms with Crippen LogP contribution < -0.4 is 5.32 Å². The summed E-state index contributed by atoms with van der Waals surface area (Å²) in [4.78, 5) is 15.2. The molecule has 0 aliphatic carbocycles. The molecule has 3 aliphatic heterocycles. The van der Waals surface area contributed by atoms with Crippen LogP contribution in [0.4, 0.5) is 0 Å². The molecule has 8 heteroatoms. The number of hydrogen-bond donors (Lipinski definition) is 1. The summed E-state index contributed by atoms with van der Waals surface area (Å²) in [6.45, 7) is 10.4. The van der Waals surface area contributed by atoms with E-state index in [2.05, 4.69) is 24.1 Å². The lowest BCUT2D eigenvalue weighted by molar-refractivity contribution is -0.126. The monoisotopic (exact) mass is 442 g/mol. The number of hydrogen-bond acceptors (Lipinski definition) is 4. The van der Waals surface area contributed by atoms with Crippen molar-refractivity contribution < 1.29 is 13.2 Å². The van der Waals surface area contributed by atoms with E-state index in [0.29, 0.717) is 44.6 Å². The molecule has 0 aromatic rings. The Labute approximate surface area is 183 Å². The second-order valence-electron chi connectivity index (χ2n) is 9.87. The smallest absolute Gasteiger partial charge is 0.282 e. The van der Waals surface area contributed by atoms with Crippen molar-refractivity contribution in [3.63, 3.8) is 0 Å². The van der Waals surface area contributed by atoms with Crippen molar-refractivity contribution in [1.82, 2.24) is 18.8 Å². The Morgan fingerprint density at radius 3 is 2.23 bits per heavy atom. The Kier molecular flexibility index (Phi) is 8.98. The molecule has 0 bridgehead atoms. The molecule has 7 nitrogen and oxygen atoms in total. The Morgan fingerprint density at radius 1 is 0.900 bits per heavy atom. The molecule has 1 amide bonds. The normalized spacial score (nSPS) is 30.7. The summed E-state index contributed by atoms with van der Waals surface area (Å²) in [5, 5.41) is 3.07. The molecule has 30 heavy (non-hydrogen) atoms. The van der Waals surface area contributed by atoms with Crippen LogP contribution in [-0.4, -0.2) is 80.2 Å². The van der Waals surface area contributed by atoms with Crippen molar-refractivity contribution >= 4 is 16.1 Å². The second-order valence-corrected chi connectivity index (χ2v) is 11.8. The van der Waals surface area contributed by atoms with Crippen LogP contribution >= 0.6 is 0 Å². The molecule has 1 N–H and O–H groups in total. The van der Waals surface area contributed by atoms with E-state index in [0.717, 1.165) is 32.2 Å². The molecular weight excluding hydrogens is 400 g/mol. The zero-order chi connectivity index (χ0) is 21.6. The summed E-state index contributed by atoms with van der Waals surface area (Å²) in [5.41, 5.74) is 0. The number of piperidine rings is 2. The minimum atomic E-state index is -3.48. The first-order chi connectivity index (χ1) is 14.4. The van der Waals surface area contributed by atoms with E-state index >= 15 is 0 Å². The van der Waals surface area contributed by atoms with Gasteiger partial charge in [-0.3, -0.25) is 4.79 Å². The van der Waals surface area contributed by atoms with Gasteiger partial charge in [0.2, 0.25) is 5.91 Å². The molecule has 174 valence electrons. The molecule has 0 aromatic carbocycles. The van der Waals surface area contributed by atoms with Crippen molar-refractivity contribution in [2.45, 2.75) is 65.2 Å². The summed E-state index contributed by atoms with van der Waals surface area (Å²) >= 11 is 0. The molecule has 3 saturated heterocycles. The highest BCUT2D eigenvalue weighted by molar-refractivity contribution is 7.86. The molecule has 0 aromatic heterocycles. The number of nitrogens with one attached hydrogen (secondary N) is 1. The summed E-state index contributed by atoms with van der Waals surface area (Å²) < 4.78 is 29.6. The molecular formula is C22H42N4O3S. The minimum Gasteiger partial charge on any atom is -0.356 e.